The maximum absolute atomic E-state index is 12.4. The Balaban J connectivity index is 1.49. The van der Waals surface area contributed by atoms with Crippen LogP contribution in [-0.4, -0.2) is 11.8 Å². The van der Waals surface area contributed by atoms with E-state index in [0.717, 1.165) is 5.56 Å². The van der Waals surface area contributed by atoms with Crippen LogP contribution in [0.4, 0.5) is 0 Å². The molecule has 1 aromatic heterocycles. The Morgan fingerprint density at radius 1 is 1.04 bits per heavy atom. The van der Waals surface area contributed by atoms with E-state index in [2.05, 4.69) is 0 Å². The summed E-state index contributed by atoms with van der Waals surface area (Å²) in [5.41, 5.74) is 1.29. The van der Waals surface area contributed by atoms with Crippen molar-refractivity contribution in [2.75, 3.05) is 0 Å². The lowest BCUT2D eigenvalue weighted by atomic mass is 10.1. The van der Waals surface area contributed by atoms with Gasteiger partial charge in [0.25, 0.3) is 0 Å². The molecule has 0 unspecified atom stereocenters. The summed E-state index contributed by atoms with van der Waals surface area (Å²) in [5.74, 6) is 0.762. The van der Waals surface area contributed by atoms with Gasteiger partial charge >= 0.3 is 5.97 Å². The van der Waals surface area contributed by atoms with Crippen LogP contribution in [0.5, 0.6) is 11.5 Å². The first-order valence-electron chi connectivity index (χ1n) is 8.05. The van der Waals surface area contributed by atoms with E-state index >= 15 is 0 Å². The predicted molar refractivity (Wildman–Crippen MR) is 93.9 cm³/mol. The second kappa shape index (κ2) is 6.72. The minimum Gasteiger partial charge on any atom is -0.465 e. The number of hydrogen-bond acceptors (Lipinski definition) is 5. The fourth-order valence-corrected chi connectivity index (χ4v) is 2.66. The molecule has 3 aromatic rings. The van der Waals surface area contributed by atoms with Crippen molar-refractivity contribution in [3.63, 3.8) is 0 Å². The van der Waals surface area contributed by atoms with Crippen LogP contribution in [0.15, 0.2) is 77.1 Å². The van der Waals surface area contributed by atoms with E-state index in [1.54, 1.807) is 30.3 Å². The molecule has 0 fully saturated rings. The van der Waals surface area contributed by atoms with Crippen molar-refractivity contribution in [3.05, 3.63) is 89.6 Å². The molecule has 0 aliphatic carbocycles. The highest BCUT2D eigenvalue weighted by atomic mass is 16.5. The zero-order valence-electron chi connectivity index (χ0n) is 13.7. The van der Waals surface area contributed by atoms with Crippen LogP contribution in [0.2, 0.25) is 0 Å². The first kappa shape index (κ1) is 15.9. The van der Waals surface area contributed by atoms with E-state index in [-0.39, 0.29) is 23.9 Å². The summed E-state index contributed by atoms with van der Waals surface area (Å²) >= 11 is 0. The van der Waals surface area contributed by atoms with Gasteiger partial charge in [0, 0.05) is 12.1 Å². The SMILES string of the molecule is O=C(Cc1ccccc1)Oc1ccc2c(c1)O/C(=C\c1ccco1)C2=O. The average Bonchev–Trinajstić information content (AvgIpc) is 3.25. The van der Waals surface area contributed by atoms with Crippen molar-refractivity contribution in [1.29, 1.82) is 0 Å². The van der Waals surface area contributed by atoms with Gasteiger partial charge in [0.15, 0.2) is 5.76 Å². The topological polar surface area (TPSA) is 65.7 Å². The van der Waals surface area contributed by atoms with Gasteiger partial charge in [-0.05, 0) is 29.8 Å². The number of carbonyl (C=O) groups excluding carboxylic acids is 2. The van der Waals surface area contributed by atoms with E-state index in [9.17, 15) is 9.59 Å². The van der Waals surface area contributed by atoms with Crippen molar-refractivity contribution in [2.24, 2.45) is 0 Å². The third kappa shape index (κ3) is 3.28. The van der Waals surface area contributed by atoms with Crippen LogP contribution >= 0.6 is 0 Å². The highest BCUT2D eigenvalue weighted by Gasteiger charge is 2.28. The molecule has 0 saturated carbocycles. The van der Waals surface area contributed by atoms with Gasteiger partial charge in [-0.15, -0.1) is 0 Å². The summed E-state index contributed by atoms with van der Waals surface area (Å²) < 4.78 is 16.1. The molecule has 1 aliphatic rings. The van der Waals surface area contributed by atoms with Gasteiger partial charge in [0.05, 0.1) is 18.2 Å². The number of hydrogen-bond donors (Lipinski definition) is 0. The van der Waals surface area contributed by atoms with Gasteiger partial charge in [-0.3, -0.25) is 9.59 Å². The molecule has 4 rings (SSSR count). The molecule has 0 spiro atoms. The molecule has 2 aromatic carbocycles. The Morgan fingerprint density at radius 2 is 1.88 bits per heavy atom. The average molecular weight is 346 g/mol. The molecule has 0 saturated heterocycles. The number of Topliss-reactive ketones (excluding diaryl/α,β-unsaturated/α-hetero) is 1. The number of ketones is 1. The second-order valence-electron chi connectivity index (χ2n) is 5.75. The number of carbonyl (C=O) groups is 2. The number of fused-ring (bicyclic) bond motifs is 1. The Kier molecular flexibility index (Phi) is 4.11. The molecule has 5 heteroatoms. The smallest absolute Gasteiger partial charge is 0.315 e. The maximum atomic E-state index is 12.4. The van der Waals surface area contributed by atoms with Crippen LogP contribution in [0.3, 0.4) is 0 Å². The number of rotatable bonds is 4. The summed E-state index contributed by atoms with van der Waals surface area (Å²) in [6.07, 6.45) is 3.22. The van der Waals surface area contributed by atoms with Crippen molar-refractivity contribution in [3.8, 4) is 11.5 Å². The molecule has 5 nitrogen and oxygen atoms in total. The summed E-state index contributed by atoms with van der Waals surface area (Å²) in [5, 5.41) is 0. The second-order valence-corrected chi connectivity index (χ2v) is 5.75. The first-order chi connectivity index (χ1) is 12.7. The molecule has 2 heterocycles. The lowest BCUT2D eigenvalue weighted by Gasteiger charge is -2.05. The van der Waals surface area contributed by atoms with Crippen LogP contribution < -0.4 is 9.47 Å². The van der Waals surface area contributed by atoms with Crippen LogP contribution in [0, 0.1) is 0 Å². The molecular weight excluding hydrogens is 332 g/mol. The van der Waals surface area contributed by atoms with E-state index in [1.807, 2.05) is 30.3 Å². The van der Waals surface area contributed by atoms with Crippen LogP contribution in [0.1, 0.15) is 21.7 Å². The Hall–Kier alpha value is -3.60. The molecule has 0 N–H and O–H groups in total. The summed E-state index contributed by atoms with van der Waals surface area (Å²) in [6.45, 7) is 0. The quantitative estimate of drug-likeness (QED) is 0.405. The summed E-state index contributed by atoms with van der Waals surface area (Å²) in [4.78, 5) is 24.4. The highest BCUT2D eigenvalue weighted by Crippen LogP contribution is 2.35. The molecule has 128 valence electrons. The number of furan rings is 1. The molecule has 0 atom stereocenters. The van der Waals surface area contributed by atoms with E-state index in [0.29, 0.717) is 22.8 Å². The van der Waals surface area contributed by atoms with Crippen molar-refractivity contribution in [1.82, 2.24) is 0 Å². The van der Waals surface area contributed by atoms with Crippen molar-refractivity contribution < 1.29 is 23.5 Å². The van der Waals surface area contributed by atoms with Gasteiger partial charge in [-0.25, -0.2) is 0 Å². The molecule has 1 aliphatic heterocycles. The van der Waals surface area contributed by atoms with Crippen LogP contribution in [0.25, 0.3) is 6.08 Å². The zero-order valence-corrected chi connectivity index (χ0v) is 13.7. The standard InChI is InChI=1S/C21H14O5/c22-20(11-14-5-2-1-3-6-14)25-16-8-9-17-18(13-16)26-19(21(17)23)12-15-7-4-10-24-15/h1-10,12-13H,11H2/b19-12-. The van der Waals surface area contributed by atoms with Gasteiger partial charge < -0.3 is 13.9 Å². The highest BCUT2D eigenvalue weighted by molar-refractivity contribution is 6.14. The van der Waals surface area contributed by atoms with E-state index in [1.165, 1.54) is 12.3 Å². The van der Waals surface area contributed by atoms with E-state index in [4.69, 9.17) is 13.9 Å². The fraction of sp³-hybridized carbons (Fsp3) is 0.0476. The lowest BCUT2D eigenvalue weighted by Crippen LogP contribution is -2.11. The van der Waals surface area contributed by atoms with Gasteiger partial charge in [0.1, 0.15) is 17.3 Å². The number of esters is 1. The third-order valence-electron chi connectivity index (χ3n) is 3.88. The Morgan fingerprint density at radius 3 is 2.65 bits per heavy atom. The van der Waals surface area contributed by atoms with Crippen LogP contribution in [-0.2, 0) is 11.2 Å². The molecule has 0 radical (unpaired) electrons. The molecule has 0 amide bonds. The van der Waals surface area contributed by atoms with Crippen molar-refractivity contribution in [2.45, 2.75) is 6.42 Å². The minimum atomic E-state index is -0.383. The fourth-order valence-electron chi connectivity index (χ4n) is 2.66. The van der Waals surface area contributed by atoms with Gasteiger partial charge in [-0.1, -0.05) is 30.3 Å². The predicted octanol–water partition coefficient (Wildman–Crippen LogP) is 4.04. The lowest BCUT2D eigenvalue weighted by molar-refractivity contribution is -0.133. The molecular formula is C21H14O5. The Labute approximate surface area is 149 Å². The molecule has 26 heavy (non-hydrogen) atoms. The van der Waals surface area contributed by atoms with Gasteiger partial charge in [0.2, 0.25) is 5.78 Å². The summed E-state index contributed by atoms with van der Waals surface area (Å²) in [6, 6.07) is 17.5. The Bertz CT molecular complexity index is 985. The normalized spacial score (nSPS) is 14.2. The maximum Gasteiger partial charge on any atom is 0.315 e. The van der Waals surface area contributed by atoms with E-state index < -0.39 is 0 Å². The monoisotopic (exact) mass is 346 g/mol. The largest absolute Gasteiger partial charge is 0.465 e. The zero-order chi connectivity index (χ0) is 17.9. The molecule has 0 bridgehead atoms. The van der Waals surface area contributed by atoms with Crippen molar-refractivity contribution >= 4 is 17.8 Å². The number of ether oxygens (including phenoxy) is 2. The number of allylic oxidation sites excluding steroid dienone is 1. The minimum absolute atomic E-state index is 0.168. The third-order valence-corrected chi connectivity index (χ3v) is 3.88. The summed E-state index contributed by atoms with van der Waals surface area (Å²) in [7, 11) is 0. The number of benzene rings is 2. The first-order valence-corrected chi connectivity index (χ1v) is 8.05. The van der Waals surface area contributed by atoms with Gasteiger partial charge in [-0.2, -0.15) is 0 Å².